The molecule has 0 aliphatic carbocycles. The second kappa shape index (κ2) is 10.8. The van der Waals surface area contributed by atoms with E-state index in [2.05, 4.69) is 4.98 Å². The largest absolute Gasteiger partial charge is 0.364 e. The van der Waals surface area contributed by atoms with Crippen LogP contribution in [0.15, 0.2) is 18.3 Å². The van der Waals surface area contributed by atoms with Crippen molar-refractivity contribution >= 4 is 5.91 Å². The number of hydrogen-bond donors (Lipinski definition) is 1. The Hall–Kier alpha value is -1.25. The molecule has 0 atom stereocenters. The maximum absolute atomic E-state index is 10.8. The SMILES string of the molecule is CC.CC.CC(=O)N(C)Cc1ccc[nH]1. The molecule has 1 amide bonds. The summed E-state index contributed by atoms with van der Waals surface area (Å²) in [4.78, 5) is 15.5. The predicted octanol–water partition coefficient (Wildman–Crippen LogP) is 3.05. The Morgan fingerprint density at radius 3 is 2.20 bits per heavy atom. The quantitative estimate of drug-likeness (QED) is 0.803. The van der Waals surface area contributed by atoms with Gasteiger partial charge in [-0.3, -0.25) is 4.79 Å². The first-order valence-corrected chi connectivity index (χ1v) is 5.54. The van der Waals surface area contributed by atoms with Crippen LogP contribution in [0.3, 0.4) is 0 Å². The van der Waals surface area contributed by atoms with E-state index in [4.69, 9.17) is 0 Å². The lowest BCUT2D eigenvalue weighted by Gasteiger charge is -2.12. The molecular weight excluding hydrogens is 188 g/mol. The Kier molecular flexibility index (Phi) is 11.7. The fourth-order valence-corrected chi connectivity index (χ4v) is 0.833. The van der Waals surface area contributed by atoms with Crippen LogP contribution in [-0.4, -0.2) is 22.8 Å². The number of H-pyrrole nitrogens is 1. The van der Waals surface area contributed by atoms with Gasteiger partial charge in [-0.2, -0.15) is 0 Å². The minimum Gasteiger partial charge on any atom is -0.364 e. The Morgan fingerprint density at radius 1 is 1.33 bits per heavy atom. The van der Waals surface area contributed by atoms with Gasteiger partial charge in [0.1, 0.15) is 0 Å². The van der Waals surface area contributed by atoms with Crippen LogP contribution in [0.25, 0.3) is 0 Å². The van der Waals surface area contributed by atoms with Gasteiger partial charge in [0.05, 0.1) is 6.54 Å². The number of amides is 1. The predicted molar refractivity (Wildman–Crippen MR) is 65.6 cm³/mol. The number of carbonyl (C=O) groups is 1. The van der Waals surface area contributed by atoms with Crippen LogP contribution < -0.4 is 0 Å². The van der Waals surface area contributed by atoms with Crippen molar-refractivity contribution in [2.45, 2.75) is 41.2 Å². The monoisotopic (exact) mass is 212 g/mol. The van der Waals surface area contributed by atoms with Crippen molar-refractivity contribution in [3.05, 3.63) is 24.0 Å². The van der Waals surface area contributed by atoms with Gasteiger partial charge in [-0.15, -0.1) is 0 Å². The number of aromatic nitrogens is 1. The van der Waals surface area contributed by atoms with Crippen molar-refractivity contribution in [2.24, 2.45) is 0 Å². The highest BCUT2D eigenvalue weighted by atomic mass is 16.2. The molecule has 1 heterocycles. The maximum Gasteiger partial charge on any atom is 0.219 e. The van der Waals surface area contributed by atoms with E-state index in [1.165, 1.54) is 0 Å². The van der Waals surface area contributed by atoms with Gasteiger partial charge < -0.3 is 9.88 Å². The molecule has 88 valence electrons. The van der Waals surface area contributed by atoms with Gasteiger partial charge in [0, 0.05) is 25.9 Å². The highest BCUT2D eigenvalue weighted by molar-refractivity contribution is 5.72. The molecule has 15 heavy (non-hydrogen) atoms. The summed E-state index contributed by atoms with van der Waals surface area (Å²) in [6.45, 7) is 10.2. The second-order valence-corrected chi connectivity index (χ2v) is 2.57. The third kappa shape index (κ3) is 7.79. The normalized spacial score (nSPS) is 7.87. The Labute approximate surface area is 93.5 Å². The van der Waals surface area contributed by atoms with E-state index in [0.717, 1.165) is 5.69 Å². The first-order chi connectivity index (χ1) is 7.20. The Morgan fingerprint density at radius 2 is 1.87 bits per heavy atom. The van der Waals surface area contributed by atoms with Gasteiger partial charge in [-0.25, -0.2) is 0 Å². The molecule has 0 aromatic carbocycles. The van der Waals surface area contributed by atoms with Crippen LogP contribution >= 0.6 is 0 Å². The molecule has 1 N–H and O–H groups in total. The van der Waals surface area contributed by atoms with Crippen molar-refractivity contribution in [1.82, 2.24) is 9.88 Å². The minimum atomic E-state index is 0.0830. The average Bonchev–Trinajstić information content (AvgIpc) is 2.76. The van der Waals surface area contributed by atoms with Crippen molar-refractivity contribution in [3.63, 3.8) is 0 Å². The lowest BCUT2D eigenvalue weighted by atomic mass is 10.4. The molecule has 0 radical (unpaired) electrons. The number of aromatic amines is 1. The highest BCUT2D eigenvalue weighted by Gasteiger charge is 2.02. The van der Waals surface area contributed by atoms with E-state index >= 15 is 0 Å². The average molecular weight is 212 g/mol. The van der Waals surface area contributed by atoms with Crippen LogP contribution in [0.1, 0.15) is 40.3 Å². The first-order valence-electron chi connectivity index (χ1n) is 5.54. The molecule has 0 aliphatic heterocycles. The van der Waals surface area contributed by atoms with Crippen LogP contribution in [0.4, 0.5) is 0 Å². The zero-order valence-electron chi connectivity index (χ0n) is 10.8. The molecule has 0 bridgehead atoms. The van der Waals surface area contributed by atoms with Crippen molar-refractivity contribution in [1.29, 1.82) is 0 Å². The van der Waals surface area contributed by atoms with Gasteiger partial charge in [0.25, 0.3) is 0 Å². The smallest absolute Gasteiger partial charge is 0.219 e. The first kappa shape index (κ1) is 16.2. The van der Waals surface area contributed by atoms with Crippen LogP contribution in [0.5, 0.6) is 0 Å². The second-order valence-electron chi connectivity index (χ2n) is 2.57. The fraction of sp³-hybridized carbons (Fsp3) is 0.583. The summed E-state index contributed by atoms with van der Waals surface area (Å²) in [5.74, 6) is 0.0830. The zero-order valence-corrected chi connectivity index (χ0v) is 10.8. The molecule has 1 rings (SSSR count). The zero-order chi connectivity index (χ0) is 12.3. The molecule has 1 aromatic rings. The molecule has 0 saturated heterocycles. The molecule has 0 spiro atoms. The van der Waals surface area contributed by atoms with Crippen molar-refractivity contribution in [3.8, 4) is 0 Å². The van der Waals surface area contributed by atoms with Crippen LogP contribution in [0, 0.1) is 0 Å². The molecular formula is C12H24N2O. The van der Waals surface area contributed by atoms with E-state index in [-0.39, 0.29) is 5.91 Å². The summed E-state index contributed by atoms with van der Waals surface area (Å²) in [7, 11) is 1.78. The summed E-state index contributed by atoms with van der Waals surface area (Å²) in [6, 6.07) is 3.88. The summed E-state index contributed by atoms with van der Waals surface area (Å²) in [6.07, 6.45) is 1.85. The lowest BCUT2D eigenvalue weighted by molar-refractivity contribution is -0.128. The van der Waals surface area contributed by atoms with E-state index < -0.39 is 0 Å². The van der Waals surface area contributed by atoms with E-state index in [1.807, 2.05) is 46.0 Å². The molecule has 3 heteroatoms. The summed E-state index contributed by atoms with van der Waals surface area (Å²) >= 11 is 0. The summed E-state index contributed by atoms with van der Waals surface area (Å²) in [5, 5.41) is 0. The van der Waals surface area contributed by atoms with Crippen LogP contribution in [-0.2, 0) is 11.3 Å². The third-order valence-electron chi connectivity index (χ3n) is 1.61. The van der Waals surface area contributed by atoms with Crippen molar-refractivity contribution < 1.29 is 4.79 Å². The Bertz CT molecular complexity index is 230. The molecule has 0 aliphatic rings. The van der Waals surface area contributed by atoms with E-state index in [0.29, 0.717) is 6.54 Å². The van der Waals surface area contributed by atoms with Crippen LogP contribution in [0.2, 0.25) is 0 Å². The van der Waals surface area contributed by atoms with Gasteiger partial charge in [-0.05, 0) is 12.1 Å². The molecule has 0 unspecified atom stereocenters. The fourth-order valence-electron chi connectivity index (χ4n) is 0.833. The van der Waals surface area contributed by atoms with Gasteiger partial charge in [-0.1, -0.05) is 27.7 Å². The summed E-state index contributed by atoms with van der Waals surface area (Å²) in [5.41, 5.74) is 1.06. The molecule has 3 nitrogen and oxygen atoms in total. The number of nitrogens with zero attached hydrogens (tertiary/aromatic N) is 1. The topological polar surface area (TPSA) is 36.1 Å². The number of nitrogens with one attached hydrogen (secondary N) is 1. The number of hydrogen-bond acceptors (Lipinski definition) is 1. The third-order valence-corrected chi connectivity index (χ3v) is 1.61. The van der Waals surface area contributed by atoms with E-state index in [9.17, 15) is 4.79 Å². The Balaban J connectivity index is 0. The van der Waals surface area contributed by atoms with Gasteiger partial charge in [0.15, 0.2) is 0 Å². The standard InChI is InChI=1S/C8H12N2O.2C2H6/c1-7(11)10(2)6-8-4-3-5-9-8;2*1-2/h3-5,9H,6H2,1-2H3;2*1-2H3. The van der Waals surface area contributed by atoms with Crippen molar-refractivity contribution in [2.75, 3.05) is 7.05 Å². The number of rotatable bonds is 2. The maximum atomic E-state index is 10.8. The molecule has 1 aromatic heterocycles. The van der Waals surface area contributed by atoms with Gasteiger partial charge in [0.2, 0.25) is 5.91 Å². The van der Waals surface area contributed by atoms with E-state index in [1.54, 1.807) is 18.9 Å². The number of carbonyl (C=O) groups excluding carboxylic acids is 1. The minimum absolute atomic E-state index is 0.0830. The summed E-state index contributed by atoms with van der Waals surface area (Å²) < 4.78 is 0. The molecule has 0 saturated carbocycles. The molecule has 0 fully saturated rings. The highest BCUT2D eigenvalue weighted by Crippen LogP contribution is 1.98. The van der Waals surface area contributed by atoms with Gasteiger partial charge >= 0.3 is 0 Å². The lowest BCUT2D eigenvalue weighted by Crippen LogP contribution is -2.23.